The monoisotopic (exact) mass is 718 g/mol. The molecule has 0 fully saturated rings. The molecule has 0 spiro atoms. The van der Waals surface area contributed by atoms with Crippen molar-refractivity contribution in [3.05, 3.63) is 82.9 Å². The van der Waals surface area contributed by atoms with E-state index >= 15 is 0 Å². The zero-order valence-electron chi connectivity index (χ0n) is 28.7. The van der Waals surface area contributed by atoms with E-state index in [2.05, 4.69) is 36.5 Å². The topological polar surface area (TPSA) is 246 Å². The van der Waals surface area contributed by atoms with Crippen LogP contribution in [0.1, 0.15) is 55.3 Å². The van der Waals surface area contributed by atoms with Crippen molar-refractivity contribution in [1.29, 1.82) is 0 Å². The molecule has 18 heteroatoms. The molecule has 0 aliphatic rings. The molecule has 0 aromatic heterocycles. The Morgan fingerprint density at radius 1 is 0.577 bits per heavy atom. The molecule has 0 radical (unpaired) electrons. The minimum atomic E-state index is -1.66. The van der Waals surface area contributed by atoms with Gasteiger partial charge in [-0.05, 0) is 74.5 Å². The van der Waals surface area contributed by atoms with Crippen molar-refractivity contribution < 1.29 is 57.3 Å². The molecule has 3 aromatic rings. The van der Waals surface area contributed by atoms with E-state index in [9.17, 15) is 38.4 Å². The summed E-state index contributed by atoms with van der Waals surface area (Å²) in [6, 6.07) is 10.1. The number of Topliss-reactive ketones (excluding diaryl/α,β-unsaturated/α-hetero) is 2. The van der Waals surface area contributed by atoms with E-state index < -0.39 is 59.3 Å². The number of amides is 2. The first-order chi connectivity index (χ1) is 24.7. The molecule has 3 aromatic carbocycles. The van der Waals surface area contributed by atoms with E-state index in [1.165, 1.54) is 67.8 Å². The number of hydrogen-bond acceptors (Lipinski definition) is 16. The normalized spacial score (nSPS) is 11.7. The van der Waals surface area contributed by atoms with E-state index in [1.807, 2.05) is 0 Å². The van der Waals surface area contributed by atoms with Crippen LogP contribution in [0, 0.1) is 0 Å². The standard InChI is InChI=1S/C34H34N6O12/c1-17(41)27(39-37-25-15-19(31(45)49-3)7-13-23(25)33(47)51-5)29(43)35-21-9-11-22(12-10-21)36-30(44)28(18(2)42)40-38-26-16-20(32(46)50-4)8-14-24(26)34(48)52-6/h7-16,27-28,37,39H,1-6H3,(H,35,43)(H,36,44). The highest BCUT2D eigenvalue weighted by atomic mass is 16.5. The fourth-order valence-corrected chi connectivity index (χ4v) is 4.32. The highest BCUT2D eigenvalue weighted by Gasteiger charge is 2.26. The smallest absolute Gasteiger partial charge is 0.340 e. The lowest BCUT2D eigenvalue weighted by molar-refractivity contribution is -0.128. The number of carbonyl (C=O) groups excluding carboxylic acids is 8. The predicted octanol–water partition coefficient (Wildman–Crippen LogP) is 3.03. The Morgan fingerprint density at radius 3 is 1.56 bits per heavy atom. The van der Waals surface area contributed by atoms with Crippen LogP contribution >= 0.6 is 0 Å². The van der Waals surface area contributed by atoms with Gasteiger partial charge in [0.15, 0.2) is 17.6 Å². The second kappa shape index (κ2) is 18.3. The number of anilines is 3. The van der Waals surface area contributed by atoms with Gasteiger partial charge in [0.1, 0.15) is 5.69 Å². The number of nitrogens with one attached hydrogen (secondary N) is 4. The van der Waals surface area contributed by atoms with Gasteiger partial charge in [-0.3, -0.25) is 19.2 Å². The molecule has 2 unspecified atom stereocenters. The van der Waals surface area contributed by atoms with Gasteiger partial charge in [0.05, 0.1) is 56.4 Å². The Kier molecular flexibility index (Phi) is 13.9. The number of hydrazine groups is 1. The summed E-state index contributed by atoms with van der Waals surface area (Å²) < 4.78 is 18.8. The fraction of sp³-hybridized carbons (Fsp3) is 0.235. The SMILES string of the molecule is COC(=O)c1ccc(C(=O)OC)c(N=NC(C(C)=O)C(=O)Nc2ccc(NC(=O)C(NNc3cc(C(=O)OC)ccc3C(=O)OC)C(C)=O)cc2)c1. The molecule has 4 N–H and O–H groups in total. The fourth-order valence-electron chi connectivity index (χ4n) is 4.32. The third-order valence-electron chi connectivity index (χ3n) is 7.02. The second-order valence-electron chi connectivity index (χ2n) is 10.6. The van der Waals surface area contributed by atoms with Crippen molar-refractivity contribution in [1.82, 2.24) is 5.43 Å². The number of esters is 4. The van der Waals surface area contributed by atoms with Crippen LogP contribution in [0.3, 0.4) is 0 Å². The summed E-state index contributed by atoms with van der Waals surface area (Å²) >= 11 is 0. The van der Waals surface area contributed by atoms with Crippen LogP contribution < -0.4 is 21.5 Å². The van der Waals surface area contributed by atoms with Crippen molar-refractivity contribution in [2.45, 2.75) is 25.9 Å². The van der Waals surface area contributed by atoms with Gasteiger partial charge in [0, 0.05) is 11.4 Å². The van der Waals surface area contributed by atoms with E-state index in [-0.39, 0.29) is 45.0 Å². The van der Waals surface area contributed by atoms with Crippen LogP contribution in [-0.2, 0) is 38.1 Å². The molecule has 0 heterocycles. The Bertz CT molecular complexity index is 1930. The maximum absolute atomic E-state index is 13.1. The van der Waals surface area contributed by atoms with Crippen LogP contribution in [0.15, 0.2) is 70.9 Å². The Balaban J connectivity index is 1.73. The average molecular weight is 719 g/mol. The molecule has 2 atom stereocenters. The quantitative estimate of drug-likeness (QED) is 0.0580. The number of carbonyl (C=O) groups is 8. The number of ether oxygens (including phenoxy) is 4. The van der Waals surface area contributed by atoms with Crippen molar-refractivity contribution in [2.24, 2.45) is 10.2 Å². The summed E-state index contributed by atoms with van der Waals surface area (Å²) in [5.74, 6) is -5.98. The van der Waals surface area contributed by atoms with Crippen LogP contribution in [0.2, 0.25) is 0 Å². The first-order valence-electron chi connectivity index (χ1n) is 15.0. The van der Waals surface area contributed by atoms with Gasteiger partial charge in [0.25, 0.3) is 11.8 Å². The number of ketones is 2. The molecule has 0 saturated carbocycles. The average Bonchev–Trinajstić information content (AvgIpc) is 3.13. The lowest BCUT2D eigenvalue weighted by Crippen LogP contribution is -2.48. The molecule has 0 aliphatic heterocycles. The van der Waals surface area contributed by atoms with Crippen molar-refractivity contribution in [2.75, 3.05) is 44.5 Å². The highest BCUT2D eigenvalue weighted by Crippen LogP contribution is 2.24. The molecule has 52 heavy (non-hydrogen) atoms. The van der Waals surface area contributed by atoms with E-state index in [1.54, 1.807) is 0 Å². The zero-order chi connectivity index (χ0) is 38.5. The molecule has 0 bridgehead atoms. The van der Waals surface area contributed by atoms with E-state index in [0.717, 1.165) is 35.2 Å². The van der Waals surface area contributed by atoms with Crippen LogP contribution in [-0.4, -0.2) is 87.8 Å². The van der Waals surface area contributed by atoms with Gasteiger partial charge in [-0.25, -0.2) is 24.6 Å². The maximum atomic E-state index is 13.1. The number of benzene rings is 3. The maximum Gasteiger partial charge on any atom is 0.340 e. The van der Waals surface area contributed by atoms with Gasteiger partial charge < -0.3 is 35.0 Å². The third-order valence-corrected chi connectivity index (χ3v) is 7.02. The number of rotatable bonds is 15. The first kappa shape index (κ1) is 39.6. The Hall–Kier alpha value is -6.82. The predicted molar refractivity (Wildman–Crippen MR) is 182 cm³/mol. The summed E-state index contributed by atoms with van der Waals surface area (Å²) in [6.07, 6.45) is 0. The molecular weight excluding hydrogens is 684 g/mol. The van der Waals surface area contributed by atoms with Gasteiger partial charge in [0.2, 0.25) is 6.04 Å². The summed E-state index contributed by atoms with van der Waals surface area (Å²) in [7, 11) is 4.63. The minimum absolute atomic E-state index is 0.00445. The van der Waals surface area contributed by atoms with Gasteiger partial charge in [-0.1, -0.05) is 0 Å². The second-order valence-corrected chi connectivity index (χ2v) is 10.6. The molecular formula is C34H34N6O12. The Morgan fingerprint density at radius 2 is 1.06 bits per heavy atom. The van der Waals surface area contributed by atoms with Crippen molar-refractivity contribution in [3.63, 3.8) is 0 Å². The van der Waals surface area contributed by atoms with Crippen LogP contribution in [0.4, 0.5) is 22.7 Å². The number of methoxy groups -OCH3 is 4. The molecule has 0 saturated heterocycles. The first-order valence-corrected chi connectivity index (χ1v) is 15.0. The van der Waals surface area contributed by atoms with Crippen molar-refractivity contribution in [3.8, 4) is 0 Å². The zero-order valence-corrected chi connectivity index (χ0v) is 28.7. The number of nitrogens with zero attached hydrogens (tertiary/aromatic N) is 2. The molecule has 3 rings (SSSR count). The molecule has 18 nitrogen and oxygen atoms in total. The largest absolute Gasteiger partial charge is 0.465 e. The van der Waals surface area contributed by atoms with Crippen LogP contribution in [0.25, 0.3) is 0 Å². The Labute approximate surface area is 296 Å². The minimum Gasteiger partial charge on any atom is -0.465 e. The van der Waals surface area contributed by atoms with Gasteiger partial charge in [-0.15, -0.1) is 0 Å². The number of azo groups is 1. The van der Waals surface area contributed by atoms with Gasteiger partial charge >= 0.3 is 23.9 Å². The lowest BCUT2D eigenvalue weighted by Gasteiger charge is -2.19. The summed E-state index contributed by atoms with van der Waals surface area (Å²) in [6.45, 7) is 2.26. The summed E-state index contributed by atoms with van der Waals surface area (Å²) in [5, 5.41) is 12.8. The molecule has 272 valence electrons. The third kappa shape index (κ3) is 10.1. The van der Waals surface area contributed by atoms with Crippen molar-refractivity contribution >= 4 is 70.0 Å². The number of hydrogen-bond donors (Lipinski definition) is 4. The van der Waals surface area contributed by atoms with Gasteiger partial charge in [-0.2, -0.15) is 10.2 Å². The highest BCUT2D eigenvalue weighted by molar-refractivity contribution is 6.11. The van der Waals surface area contributed by atoms with E-state index in [0.29, 0.717) is 0 Å². The summed E-state index contributed by atoms with van der Waals surface area (Å²) in [4.78, 5) is 99.3. The van der Waals surface area contributed by atoms with Crippen LogP contribution in [0.5, 0.6) is 0 Å². The molecule has 2 amide bonds. The lowest BCUT2D eigenvalue weighted by atomic mass is 10.1. The molecule has 0 aliphatic carbocycles. The van der Waals surface area contributed by atoms with E-state index in [4.69, 9.17) is 14.2 Å². The summed E-state index contributed by atoms with van der Waals surface area (Å²) in [5.41, 5.74) is 5.44.